The van der Waals surface area contributed by atoms with Crippen LogP contribution in [0.4, 0.5) is 4.79 Å². The van der Waals surface area contributed by atoms with E-state index in [-0.39, 0.29) is 6.61 Å². The molecule has 4 atom stereocenters. The molecule has 2 aromatic rings. The lowest BCUT2D eigenvalue weighted by Crippen LogP contribution is -2.36. The Hall–Kier alpha value is -3.35. The molecule has 3 rings (SSSR count). The maximum Gasteiger partial charge on any atom is 0.410 e. The molecule has 0 radical (unpaired) electrons. The van der Waals surface area contributed by atoms with Crippen LogP contribution in [0, 0.1) is 11.8 Å². The smallest absolute Gasteiger partial charge is 0.410 e. The van der Waals surface area contributed by atoms with Crippen LogP contribution in [0.5, 0.6) is 0 Å². The summed E-state index contributed by atoms with van der Waals surface area (Å²) in [5, 5.41) is 0. The maximum absolute atomic E-state index is 13.1. The molecule has 1 aliphatic rings. The number of rotatable bonds is 5. The van der Waals surface area contributed by atoms with E-state index in [4.69, 9.17) is 14.2 Å². The first-order valence-electron chi connectivity index (χ1n) is 9.75. The SMILES string of the molecule is CCOC(=O)N1[C@H](c2ccccc2)[C@@H](C(=O)OC)[C@H](C(=O)OC)[C@H]1c1ccccc1. The molecule has 30 heavy (non-hydrogen) atoms. The van der Waals surface area contributed by atoms with E-state index in [1.54, 1.807) is 6.92 Å². The molecule has 7 heteroatoms. The fourth-order valence-corrected chi connectivity index (χ4v) is 4.20. The summed E-state index contributed by atoms with van der Waals surface area (Å²) in [4.78, 5) is 40.4. The molecule has 0 N–H and O–H groups in total. The molecule has 1 amide bonds. The van der Waals surface area contributed by atoms with Gasteiger partial charge in [-0.05, 0) is 18.1 Å². The third kappa shape index (κ3) is 3.87. The average Bonchev–Trinajstić information content (AvgIpc) is 3.15. The summed E-state index contributed by atoms with van der Waals surface area (Å²) in [7, 11) is 2.53. The summed E-state index contributed by atoms with van der Waals surface area (Å²) < 4.78 is 15.5. The number of nitrogens with zero attached hydrogens (tertiary/aromatic N) is 1. The van der Waals surface area contributed by atoms with Gasteiger partial charge in [0.25, 0.3) is 0 Å². The first-order valence-corrected chi connectivity index (χ1v) is 9.75. The van der Waals surface area contributed by atoms with Gasteiger partial charge in [0, 0.05) is 0 Å². The van der Waals surface area contributed by atoms with Gasteiger partial charge < -0.3 is 14.2 Å². The Labute approximate surface area is 175 Å². The van der Waals surface area contributed by atoms with Gasteiger partial charge in [-0.15, -0.1) is 0 Å². The number of hydrogen-bond acceptors (Lipinski definition) is 6. The van der Waals surface area contributed by atoms with Crippen LogP contribution in [0.15, 0.2) is 60.7 Å². The fraction of sp³-hybridized carbons (Fsp3) is 0.348. The second-order valence-electron chi connectivity index (χ2n) is 6.92. The second kappa shape index (κ2) is 9.43. The van der Waals surface area contributed by atoms with Gasteiger partial charge in [0.1, 0.15) is 0 Å². The Balaban J connectivity index is 2.26. The summed E-state index contributed by atoms with van der Waals surface area (Å²) in [5.41, 5.74) is 1.40. The largest absolute Gasteiger partial charge is 0.469 e. The van der Waals surface area contributed by atoms with Gasteiger partial charge >= 0.3 is 18.0 Å². The highest BCUT2D eigenvalue weighted by Crippen LogP contribution is 2.52. The van der Waals surface area contributed by atoms with Crippen LogP contribution in [-0.2, 0) is 23.8 Å². The van der Waals surface area contributed by atoms with Crippen LogP contribution in [0.25, 0.3) is 0 Å². The number of esters is 2. The highest BCUT2D eigenvalue weighted by molar-refractivity contribution is 5.87. The first-order chi connectivity index (χ1) is 14.5. The quantitative estimate of drug-likeness (QED) is 0.553. The number of carbonyl (C=O) groups excluding carboxylic acids is 3. The summed E-state index contributed by atoms with van der Waals surface area (Å²) in [6.07, 6.45) is -0.611. The molecule has 0 spiro atoms. The Kier molecular flexibility index (Phi) is 6.72. The van der Waals surface area contributed by atoms with Gasteiger partial charge in [-0.25, -0.2) is 4.79 Å². The Bertz CT molecular complexity index is 820. The Morgan fingerprint density at radius 1 is 0.767 bits per heavy atom. The molecule has 7 nitrogen and oxygen atoms in total. The van der Waals surface area contributed by atoms with Crippen LogP contribution >= 0.6 is 0 Å². The van der Waals surface area contributed by atoms with Crippen LogP contribution in [0.1, 0.15) is 30.1 Å². The van der Waals surface area contributed by atoms with E-state index in [0.29, 0.717) is 11.1 Å². The zero-order valence-corrected chi connectivity index (χ0v) is 17.2. The van der Waals surface area contributed by atoms with E-state index < -0.39 is 42.0 Å². The van der Waals surface area contributed by atoms with Crippen LogP contribution in [0.3, 0.4) is 0 Å². The van der Waals surface area contributed by atoms with Crippen molar-refractivity contribution < 1.29 is 28.6 Å². The number of benzene rings is 2. The van der Waals surface area contributed by atoms with E-state index >= 15 is 0 Å². The van der Waals surface area contributed by atoms with Crippen molar-refractivity contribution in [1.29, 1.82) is 0 Å². The number of hydrogen-bond donors (Lipinski definition) is 0. The van der Waals surface area contributed by atoms with E-state index in [9.17, 15) is 14.4 Å². The normalized spacial score (nSPS) is 23.0. The standard InChI is InChI=1S/C23H25NO6/c1-4-30-23(27)24-19(15-11-7-5-8-12-15)17(21(25)28-2)18(22(26)29-3)20(24)16-13-9-6-10-14-16/h5-14,17-20H,4H2,1-3H3/t17-,18-,19+,20+/m0/s1. The first kappa shape index (κ1) is 21.4. The van der Waals surface area contributed by atoms with Crippen molar-refractivity contribution in [2.75, 3.05) is 20.8 Å². The molecule has 1 saturated heterocycles. The van der Waals surface area contributed by atoms with Crippen molar-refractivity contribution >= 4 is 18.0 Å². The van der Waals surface area contributed by atoms with Gasteiger partial charge in [-0.1, -0.05) is 60.7 Å². The van der Waals surface area contributed by atoms with Crippen molar-refractivity contribution in [3.05, 3.63) is 71.8 Å². The van der Waals surface area contributed by atoms with Gasteiger partial charge in [0.05, 0.1) is 44.7 Å². The van der Waals surface area contributed by atoms with Gasteiger partial charge in [-0.2, -0.15) is 0 Å². The third-order valence-electron chi connectivity index (χ3n) is 5.37. The predicted octanol–water partition coefficient (Wildman–Crippen LogP) is 3.52. The lowest BCUT2D eigenvalue weighted by Gasteiger charge is -2.31. The molecule has 0 bridgehead atoms. The van der Waals surface area contributed by atoms with Crippen molar-refractivity contribution in [3.8, 4) is 0 Å². The van der Waals surface area contributed by atoms with Crippen molar-refractivity contribution in [2.45, 2.75) is 19.0 Å². The highest BCUT2D eigenvalue weighted by atomic mass is 16.6. The third-order valence-corrected chi connectivity index (χ3v) is 5.37. The minimum absolute atomic E-state index is 0.157. The lowest BCUT2D eigenvalue weighted by molar-refractivity contribution is -0.157. The molecular weight excluding hydrogens is 386 g/mol. The summed E-state index contributed by atoms with van der Waals surface area (Å²) in [5.74, 6) is -3.10. The number of likely N-dealkylation sites (tertiary alicyclic amines) is 1. The molecule has 158 valence electrons. The molecular formula is C23H25NO6. The van der Waals surface area contributed by atoms with Gasteiger partial charge in [0.15, 0.2) is 0 Å². The van der Waals surface area contributed by atoms with E-state index in [1.165, 1.54) is 19.1 Å². The minimum atomic E-state index is -0.959. The molecule has 1 heterocycles. The second-order valence-corrected chi connectivity index (χ2v) is 6.92. The molecule has 1 aliphatic heterocycles. The lowest BCUT2D eigenvalue weighted by atomic mass is 9.82. The average molecular weight is 411 g/mol. The van der Waals surface area contributed by atoms with E-state index in [2.05, 4.69) is 0 Å². The molecule has 0 unspecified atom stereocenters. The summed E-state index contributed by atoms with van der Waals surface area (Å²) in [6.45, 7) is 1.86. The Morgan fingerprint density at radius 3 is 1.50 bits per heavy atom. The van der Waals surface area contributed by atoms with Crippen LogP contribution in [0.2, 0.25) is 0 Å². The van der Waals surface area contributed by atoms with Crippen LogP contribution < -0.4 is 0 Å². The topological polar surface area (TPSA) is 82.1 Å². The fourth-order valence-electron chi connectivity index (χ4n) is 4.20. The number of carbonyl (C=O) groups is 3. The van der Waals surface area contributed by atoms with Gasteiger partial charge in [0.2, 0.25) is 0 Å². The molecule has 0 aromatic heterocycles. The number of methoxy groups -OCH3 is 2. The zero-order chi connectivity index (χ0) is 21.7. The summed E-state index contributed by atoms with van der Waals surface area (Å²) >= 11 is 0. The Morgan fingerprint density at radius 2 is 1.17 bits per heavy atom. The predicted molar refractivity (Wildman–Crippen MR) is 108 cm³/mol. The molecule has 2 aromatic carbocycles. The summed E-state index contributed by atoms with van der Waals surface area (Å²) in [6, 6.07) is 16.7. The van der Waals surface area contributed by atoms with Crippen LogP contribution in [-0.4, -0.2) is 43.8 Å². The maximum atomic E-state index is 13.1. The van der Waals surface area contributed by atoms with Gasteiger partial charge in [-0.3, -0.25) is 14.5 Å². The number of ether oxygens (including phenoxy) is 3. The number of amides is 1. The van der Waals surface area contributed by atoms with Crippen molar-refractivity contribution in [2.24, 2.45) is 11.8 Å². The highest BCUT2D eigenvalue weighted by Gasteiger charge is 2.59. The van der Waals surface area contributed by atoms with E-state index in [0.717, 1.165) is 0 Å². The van der Waals surface area contributed by atoms with E-state index in [1.807, 2.05) is 60.7 Å². The minimum Gasteiger partial charge on any atom is -0.469 e. The zero-order valence-electron chi connectivity index (χ0n) is 17.2. The molecule has 0 saturated carbocycles. The van der Waals surface area contributed by atoms with Crippen molar-refractivity contribution in [3.63, 3.8) is 0 Å². The molecule has 0 aliphatic carbocycles. The molecule has 1 fully saturated rings. The van der Waals surface area contributed by atoms with Crippen molar-refractivity contribution in [1.82, 2.24) is 4.90 Å². The monoisotopic (exact) mass is 411 g/mol.